The van der Waals surface area contributed by atoms with Crippen molar-refractivity contribution in [1.82, 2.24) is 20.4 Å². The van der Waals surface area contributed by atoms with Crippen LogP contribution < -0.4 is 10.6 Å². The Hall–Kier alpha value is -1.00. The second-order valence-electron chi connectivity index (χ2n) is 7.28. The molecule has 1 heterocycles. The summed E-state index contributed by atoms with van der Waals surface area (Å²) in [6.07, 6.45) is 1.19. The van der Waals surface area contributed by atoms with Gasteiger partial charge in [0.15, 0.2) is 5.96 Å². The van der Waals surface area contributed by atoms with Gasteiger partial charge in [0, 0.05) is 49.3 Å². The molecule has 1 aliphatic heterocycles. The third-order valence-electron chi connectivity index (χ3n) is 4.67. The highest BCUT2D eigenvalue weighted by Gasteiger charge is 2.21. The Morgan fingerprint density at radius 2 is 2.10 bits per heavy atom. The molecule has 0 spiro atoms. The van der Waals surface area contributed by atoms with E-state index in [9.17, 15) is 4.79 Å². The van der Waals surface area contributed by atoms with Gasteiger partial charge in [0.2, 0.25) is 0 Å². The number of halogens is 1. The van der Waals surface area contributed by atoms with Crippen molar-refractivity contribution in [3.05, 3.63) is 35.4 Å². The Bertz CT molecular complexity index is 656. The quantitative estimate of drug-likeness (QED) is 0.306. The van der Waals surface area contributed by atoms with E-state index in [1.165, 1.54) is 6.42 Å². The zero-order valence-electron chi connectivity index (χ0n) is 18.1. The average molecular weight is 534 g/mol. The van der Waals surface area contributed by atoms with Crippen LogP contribution in [-0.4, -0.2) is 79.5 Å². The van der Waals surface area contributed by atoms with E-state index in [1.54, 1.807) is 0 Å². The summed E-state index contributed by atoms with van der Waals surface area (Å²) >= 11 is 2.06. The van der Waals surface area contributed by atoms with Gasteiger partial charge in [0.05, 0.1) is 6.54 Å². The minimum absolute atomic E-state index is 0. The standard InChI is InChI=1S/C21H35N5OS.HI/c1-5-19-16-26(12-13-28-19)21(22-6-2)24-15-17-8-7-9-18(14-17)20(27)23-10-11-25(3)4;/h7-9,14,19H,5-6,10-13,15-16H2,1-4H3,(H,22,24)(H,23,27);1H. The number of likely N-dealkylation sites (N-methyl/N-ethyl adjacent to an activating group) is 1. The number of benzene rings is 1. The number of hydrogen-bond donors (Lipinski definition) is 2. The predicted molar refractivity (Wildman–Crippen MR) is 136 cm³/mol. The molecule has 164 valence electrons. The largest absolute Gasteiger partial charge is 0.357 e. The zero-order chi connectivity index (χ0) is 20.4. The molecule has 1 aromatic carbocycles. The molecular weight excluding hydrogens is 497 g/mol. The van der Waals surface area contributed by atoms with Crippen LogP contribution in [0.1, 0.15) is 36.2 Å². The summed E-state index contributed by atoms with van der Waals surface area (Å²) in [5.74, 6) is 2.09. The van der Waals surface area contributed by atoms with Gasteiger partial charge in [-0.25, -0.2) is 4.99 Å². The molecule has 29 heavy (non-hydrogen) atoms. The van der Waals surface area contributed by atoms with Gasteiger partial charge in [-0.15, -0.1) is 24.0 Å². The molecule has 1 fully saturated rings. The molecule has 0 radical (unpaired) electrons. The van der Waals surface area contributed by atoms with Crippen molar-refractivity contribution >= 4 is 47.6 Å². The Kier molecular flexibility index (Phi) is 12.6. The smallest absolute Gasteiger partial charge is 0.251 e. The van der Waals surface area contributed by atoms with Crippen molar-refractivity contribution < 1.29 is 4.79 Å². The summed E-state index contributed by atoms with van der Waals surface area (Å²) in [7, 11) is 3.99. The Balaban J connectivity index is 0.00000420. The van der Waals surface area contributed by atoms with Crippen molar-refractivity contribution in [1.29, 1.82) is 0 Å². The Morgan fingerprint density at radius 3 is 2.79 bits per heavy atom. The lowest BCUT2D eigenvalue weighted by Gasteiger charge is -2.34. The minimum atomic E-state index is -0.0292. The number of nitrogens with one attached hydrogen (secondary N) is 2. The molecule has 1 unspecified atom stereocenters. The van der Waals surface area contributed by atoms with Crippen LogP contribution in [0.15, 0.2) is 29.3 Å². The number of carbonyl (C=O) groups is 1. The Labute approximate surface area is 197 Å². The molecule has 0 aromatic heterocycles. The summed E-state index contributed by atoms with van der Waals surface area (Å²) in [5, 5.41) is 7.07. The van der Waals surface area contributed by atoms with E-state index in [4.69, 9.17) is 4.99 Å². The molecule has 1 aromatic rings. The van der Waals surface area contributed by atoms with Crippen molar-refractivity contribution in [2.75, 3.05) is 52.6 Å². The maximum atomic E-state index is 12.3. The molecule has 1 amide bonds. The van der Waals surface area contributed by atoms with Crippen molar-refractivity contribution in [3.8, 4) is 0 Å². The van der Waals surface area contributed by atoms with Gasteiger partial charge < -0.3 is 20.4 Å². The van der Waals surface area contributed by atoms with E-state index in [0.717, 1.165) is 43.5 Å². The molecule has 1 saturated heterocycles. The topological polar surface area (TPSA) is 60.0 Å². The minimum Gasteiger partial charge on any atom is -0.357 e. The number of rotatable bonds is 8. The normalized spacial score (nSPS) is 17.1. The lowest BCUT2D eigenvalue weighted by atomic mass is 10.1. The van der Waals surface area contributed by atoms with Crippen LogP contribution in [0.25, 0.3) is 0 Å². The van der Waals surface area contributed by atoms with E-state index in [-0.39, 0.29) is 29.9 Å². The number of nitrogens with zero attached hydrogens (tertiary/aromatic N) is 3. The van der Waals surface area contributed by atoms with E-state index >= 15 is 0 Å². The molecule has 0 bridgehead atoms. The van der Waals surface area contributed by atoms with Gasteiger partial charge in [-0.05, 0) is 45.1 Å². The fraction of sp³-hybridized carbons (Fsp3) is 0.619. The van der Waals surface area contributed by atoms with Crippen LogP contribution in [0.5, 0.6) is 0 Å². The van der Waals surface area contributed by atoms with E-state index in [0.29, 0.717) is 23.9 Å². The van der Waals surface area contributed by atoms with Gasteiger partial charge in [-0.2, -0.15) is 11.8 Å². The number of amides is 1. The summed E-state index contributed by atoms with van der Waals surface area (Å²) in [4.78, 5) is 21.6. The van der Waals surface area contributed by atoms with E-state index in [2.05, 4.69) is 46.0 Å². The lowest BCUT2D eigenvalue weighted by Crippen LogP contribution is -2.48. The highest BCUT2D eigenvalue weighted by atomic mass is 127. The van der Waals surface area contributed by atoms with Gasteiger partial charge >= 0.3 is 0 Å². The van der Waals surface area contributed by atoms with Crippen molar-refractivity contribution in [2.45, 2.75) is 32.1 Å². The fourth-order valence-electron chi connectivity index (χ4n) is 3.06. The SMILES string of the molecule is CCNC(=NCc1cccc(C(=O)NCCN(C)C)c1)N1CCSC(CC)C1.I. The summed E-state index contributed by atoms with van der Waals surface area (Å²) in [5.41, 5.74) is 1.74. The van der Waals surface area contributed by atoms with Crippen LogP contribution >= 0.6 is 35.7 Å². The second kappa shape index (κ2) is 14.1. The predicted octanol–water partition coefficient (Wildman–Crippen LogP) is 2.89. The highest BCUT2D eigenvalue weighted by molar-refractivity contribution is 14.0. The number of guanidine groups is 1. The van der Waals surface area contributed by atoms with Gasteiger partial charge in [0.25, 0.3) is 5.91 Å². The second-order valence-corrected chi connectivity index (χ2v) is 8.69. The van der Waals surface area contributed by atoms with Gasteiger partial charge in [0.1, 0.15) is 0 Å². The summed E-state index contributed by atoms with van der Waals surface area (Å²) in [6.45, 7) is 9.32. The highest BCUT2D eigenvalue weighted by Crippen LogP contribution is 2.21. The van der Waals surface area contributed by atoms with Crippen LogP contribution in [0.3, 0.4) is 0 Å². The van der Waals surface area contributed by atoms with Crippen LogP contribution in [-0.2, 0) is 6.54 Å². The molecule has 1 atom stereocenters. The zero-order valence-corrected chi connectivity index (χ0v) is 21.3. The molecule has 2 N–H and O–H groups in total. The third-order valence-corrected chi connectivity index (χ3v) is 6.05. The number of thioether (sulfide) groups is 1. The van der Waals surface area contributed by atoms with Crippen molar-refractivity contribution in [3.63, 3.8) is 0 Å². The maximum Gasteiger partial charge on any atom is 0.251 e. The van der Waals surface area contributed by atoms with Gasteiger partial charge in [-0.1, -0.05) is 19.1 Å². The van der Waals surface area contributed by atoms with Crippen LogP contribution in [0.2, 0.25) is 0 Å². The monoisotopic (exact) mass is 533 g/mol. The van der Waals surface area contributed by atoms with E-state index in [1.807, 2.05) is 38.4 Å². The first-order chi connectivity index (χ1) is 13.5. The lowest BCUT2D eigenvalue weighted by molar-refractivity contribution is 0.0951. The number of aliphatic imine (C=N–C) groups is 1. The molecular formula is C21H36IN5OS. The number of carbonyl (C=O) groups excluding carboxylic acids is 1. The molecule has 0 aliphatic carbocycles. The first kappa shape index (κ1) is 26.0. The molecule has 1 aliphatic rings. The molecule has 0 saturated carbocycles. The number of hydrogen-bond acceptors (Lipinski definition) is 4. The van der Waals surface area contributed by atoms with Crippen molar-refractivity contribution in [2.24, 2.45) is 4.99 Å². The molecule has 6 nitrogen and oxygen atoms in total. The maximum absolute atomic E-state index is 12.3. The van der Waals surface area contributed by atoms with E-state index < -0.39 is 0 Å². The average Bonchev–Trinajstić information content (AvgIpc) is 2.71. The summed E-state index contributed by atoms with van der Waals surface area (Å²) in [6, 6.07) is 7.77. The Morgan fingerprint density at radius 1 is 1.31 bits per heavy atom. The third kappa shape index (κ3) is 9.13. The molecule has 2 rings (SSSR count). The fourth-order valence-corrected chi connectivity index (χ4v) is 4.24. The first-order valence-corrected chi connectivity index (χ1v) is 11.2. The molecule has 8 heteroatoms. The first-order valence-electron chi connectivity index (χ1n) is 10.2. The summed E-state index contributed by atoms with van der Waals surface area (Å²) < 4.78 is 0. The van der Waals surface area contributed by atoms with Gasteiger partial charge in [-0.3, -0.25) is 4.79 Å². The van der Waals surface area contributed by atoms with Crippen LogP contribution in [0, 0.1) is 0 Å². The van der Waals surface area contributed by atoms with Crippen LogP contribution in [0.4, 0.5) is 0 Å².